The topological polar surface area (TPSA) is 58.0 Å². The molecule has 19 heavy (non-hydrogen) atoms. The maximum absolute atomic E-state index is 11.2. The molecule has 0 amide bonds. The van der Waals surface area contributed by atoms with Crippen LogP contribution in [0.25, 0.3) is 0 Å². The molecule has 0 aliphatic carbocycles. The lowest BCUT2D eigenvalue weighted by Crippen LogP contribution is -2.38. The lowest BCUT2D eigenvalue weighted by Gasteiger charge is -2.29. The molecule has 3 rings (SSSR count). The van der Waals surface area contributed by atoms with Crippen LogP contribution in [0, 0.1) is 0 Å². The first-order valence-corrected chi connectivity index (χ1v) is 6.36. The van der Waals surface area contributed by atoms with Gasteiger partial charge in [0, 0.05) is 18.0 Å². The minimum absolute atomic E-state index is 0.0486. The van der Waals surface area contributed by atoms with E-state index in [9.17, 15) is 4.79 Å². The summed E-state index contributed by atoms with van der Waals surface area (Å²) in [5.74, 6) is 0.674. The van der Waals surface area contributed by atoms with Gasteiger partial charge in [-0.2, -0.15) is 5.16 Å². The molecule has 1 saturated heterocycles. The predicted molar refractivity (Wildman–Crippen MR) is 73.2 cm³/mol. The van der Waals surface area contributed by atoms with Crippen molar-refractivity contribution in [2.45, 2.75) is 31.2 Å². The third kappa shape index (κ3) is 2.96. The fourth-order valence-electron chi connectivity index (χ4n) is 2.54. The monoisotopic (exact) mass is 263 g/mol. The average Bonchev–Trinajstić information content (AvgIpc) is 3.02. The number of hydrogen-bond acceptors (Lipinski definition) is 3. The lowest BCUT2D eigenvalue weighted by atomic mass is 9.87. The average molecular weight is 263 g/mol. The van der Waals surface area contributed by atoms with Crippen molar-refractivity contribution >= 4 is 0 Å². The zero-order valence-corrected chi connectivity index (χ0v) is 10.4. The minimum atomic E-state index is -0.377. The molecule has 0 radical (unpaired) electrons. The quantitative estimate of drug-likeness (QED) is 0.891. The SMILES string of the molecule is [2H]c1c([2H])c([2H])c(C[C@H]2C[C@H](c3cc(=O)[nH]o3)CCN2)c([2H])c1[2H]. The van der Waals surface area contributed by atoms with Crippen molar-refractivity contribution in [3.05, 3.63) is 58.0 Å². The highest BCUT2D eigenvalue weighted by Gasteiger charge is 2.25. The standard InChI is InChI=1S/C15H18N2O2/c18-15-10-14(19-17-15)12-6-7-16-13(9-12)8-11-4-2-1-3-5-11/h1-5,10,12-13,16H,6-9H2,(H,17,18)/t12-,13+/m1/s1/i1D,2D,3D,4D,5D. The Bertz CT molecular complexity index is 788. The number of aromatic nitrogens is 1. The molecule has 1 aliphatic heterocycles. The first kappa shape index (κ1) is 7.70. The van der Waals surface area contributed by atoms with E-state index in [0.717, 1.165) is 6.42 Å². The first-order chi connectivity index (χ1) is 11.4. The van der Waals surface area contributed by atoms with Crippen LogP contribution in [0.1, 0.15) is 36.9 Å². The molecular weight excluding hydrogens is 240 g/mol. The summed E-state index contributed by atoms with van der Waals surface area (Å²) in [5, 5.41) is 5.60. The van der Waals surface area contributed by atoms with Crippen molar-refractivity contribution in [1.82, 2.24) is 10.5 Å². The van der Waals surface area contributed by atoms with Crippen molar-refractivity contribution in [3.8, 4) is 0 Å². The van der Waals surface area contributed by atoms with Gasteiger partial charge in [-0.25, -0.2) is 0 Å². The van der Waals surface area contributed by atoms with Crippen LogP contribution in [0.4, 0.5) is 0 Å². The van der Waals surface area contributed by atoms with Gasteiger partial charge in [-0.15, -0.1) is 0 Å². The van der Waals surface area contributed by atoms with E-state index in [-0.39, 0.29) is 47.7 Å². The highest BCUT2D eigenvalue weighted by atomic mass is 16.5. The second-order valence-electron chi connectivity index (χ2n) is 4.80. The number of hydrogen-bond donors (Lipinski definition) is 2. The van der Waals surface area contributed by atoms with E-state index in [4.69, 9.17) is 11.4 Å². The van der Waals surface area contributed by atoms with Crippen LogP contribution in [0.2, 0.25) is 0 Å². The Hall–Kier alpha value is -1.81. The Balaban J connectivity index is 1.82. The van der Waals surface area contributed by atoms with Crippen molar-refractivity contribution in [2.24, 2.45) is 0 Å². The van der Waals surface area contributed by atoms with E-state index in [2.05, 4.69) is 10.5 Å². The fraction of sp³-hybridized carbons (Fsp3) is 0.400. The second-order valence-corrected chi connectivity index (χ2v) is 4.80. The smallest absolute Gasteiger partial charge is 0.280 e. The Morgan fingerprint density at radius 3 is 2.95 bits per heavy atom. The van der Waals surface area contributed by atoms with Crippen LogP contribution in [-0.2, 0) is 6.42 Å². The van der Waals surface area contributed by atoms with E-state index in [1.807, 2.05) is 0 Å². The van der Waals surface area contributed by atoms with Gasteiger partial charge in [-0.1, -0.05) is 30.2 Å². The van der Waals surface area contributed by atoms with Gasteiger partial charge in [0.1, 0.15) is 5.76 Å². The lowest BCUT2D eigenvalue weighted by molar-refractivity contribution is 0.292. The van der Waals surface area contributed by atoms with Crippen LogP contribution < -0.4 is 10.9 Å². The van der Waals surface area contributed by atoms with Crippen molar-refractivity contribution in [1.29, 1.82) is 0 Å². The number of rotatable bonds is 3. The van der Waals surface area contributed by atoms with Gasteiger partial charge in [0.25, 0.3) is 5.56 Å². The van der Waals surface area contributed by atoms with Gasteiger partial charge in [0.05, 0.1) is 6.85 Å². The summed E-state index contributed by atoms with van der Waals surface area (Å²) in [6.45, 7) is 0.711. The van der Waals surface area contributed by atoms with Crippen LogP contribution >= 0.6 is 0 Å². The number of nitrogens with one attached hydrogen (secondary N) is 2. The third-order valence-corrected chi connectivity index (χ3v) is 3.44. The van der Waals surface area contributed by atoms with Crippen LogP contribution in [0.3, 0.4) is 0 Å². The summed E-state index contributed by atoms with van der Waals surface area (Å²) in [6.07, 6.45) is 1.82. The van der Waals surface area contributed by atoms with E-state index in [1.54, 1.807) is 0 Å². The van der Waals surface area contributed by atoms with Crippen molar-refractivity contribution in [2.75, 3.05) is 6.54 Å². The number of piperidine rings is 1. The highest BCUT2D eigenvalue weighted by Crippen LogP contribution is 2.27. The zero-order valence-electron chi connectivity index (χ0n) is 15.4. The van der Waals surface area contributed by atoms with Gasteiger partial charge in [-0.3, -0.25) is 4.79 Å². The van der Waals surface area contributed by atoms with Crippen LogP contribution in [0.15, 0.2) is 45.6 Å². The molecule has 0 bridgehead atoms. The van der Waals surface area contributed by atoms with E-state index in [0.29, 0.717) is 30.7 Å². The van der Waals surface area contributed by atoms with Gasteiger partial charge in [0.15, 0.2) is 0 Å². The fourth-order valence-corrected chi connectivity index (χ4v) is 2.54. The second kappa shape index (κ2) is 5.45. The molecule has 0 spiro atoms. The number of aromatic amines is 1. The van der Waals surface area contributed by atoms with Gasteiger partial charge >= 0.3 is 0 Å². The highest BCUT2D eigenvalue weighted by molar-refractivity contribution is 5.17. The molecule has 2 N–H and O–H groups in total. The summed E-state index contributed by atoms with van der Waals surface area (Å²) in [6, 6.07) is 0.0865. The molecule has 4 heteroatoms. The van der Waals surface area contributed by atoms with Gasteiger partial charge in [0.2, 0.25) is 0 Å². The molecule has 0 unspecified atom stereocenters. The van der Waals surface area contributed by atoms with Crippen molar-refractivity contribution in [3.63, 3.8) is 0 Å². The van der Waals surface area contributed by atoms with Crippen LogP contribution in [0.5, 0.6) is 0 Å². The molecule has 2 atom stereocenters. The van der Waals surface area contributed by atoms with Crippen molar-refractivity contribution < 1.29 is 11.4 Å². The maximum Gasteiger partial charge on any atom is 0.280 e. The molecule has 2 aromatic rings. The molecule has 1 aromatic heterocycles. The molecule has 2 heterocycles. The van der Waals surface area contributed by atoms with E-state index in [1.165, 1.54) is 6.07 Å². The largest absolute Gasteiger partial charge is 0.383 e. The summed E-state index contributed by atoms with van der Waals surface area (Å²) in [4.78, 5) is 11.2. The summed E-state index contributed by atoms with van der Waals surface area (Å²) >= 11 is 0. The molecule has 1 aromatic carbocycles. The summed E-state index contributed by atoms with van der Waals surface area (Å²) in [5.41, 5.74) is 0.0420. The third-order valence-electron chi connectivity index (χ3n) is 3.44. The maximum atomic E-state index is 11.2. The molecular formula is C15H18N2O2. The van der Waals surface area contributed by atoms with E-state index >= 15 is 0 Å². The predicted octanol–water partition coefficient (Wildman–Crippen LogP) is 2.05. The van der Waals surface area contributed by atoms with E-state index < -0.39 is 0 Å². The molecule has 4 nitrogen and oxygen atoms in total. The summed E-state index contributed by atoms with van der Waals surface area (Å²) < 4.78 is 44.3. The Morgan fingerprint density at radius 1 is 1.37 bits per heavy atom. The first-order valence-electron chi connectivity index (χ1n) is 8.86. The zero-order chi connectivity index (χ0) is 17.4. The Labute approximate surface area is 118 Å². The van der Waals surface area contributed by atoms with Crippen LogP contribution in [-0.4, -0.2) is 17.7 Å². The normalized spacial score (nSPS) is 27.1. The summed E-state index contributed by atoms with van der Waals surface area (Å²) in [7, 11) is 0. The molecule has 100 valence electrons. The Kier molecular flexibility index (Phi) is 2.21. The minimum Gasteiger partial charge on any atom is -0.383 e. The molecule has 1 aliphatic rings. The number of benzene rings is 1. The number of H-pyrrole nitrogens is 1. The van der Waals surface area contributed by atoms with Gasteiger partial charge in [-0.05, 0) is 31.4 Å². The molecule has 0 saturated carbocycles. The molecule has 1 fully saturated rings. The Morgan fingerprint density at radius 2 is 2.21 bits per heavy atom. The van der Waals surface area contributed by atoms with Gasteiger partial charge < -0.3 is 9.84 Å².